The molecule has 1 amide bonds. The number of amides is 1. The number of hydrogen-bond donors (Lipinski definition) is 2. The largest absolute Gasteiger partial charge is 0.451 e. The molecule has 0 aliphatic heterocycles. The van der Waals surface area contributed by atoms with Crippen LogP contribution in [-0.4, -0.2) is 30.8 Å². The van der Waals surface area contributed by atoms with Gasteiger partial charge in [-0.15, -0.1) is 0 Å². The van der Waals surface area contributed by atoms with Gasteiger partial charge in [-0.25, -0.2) is 9.97 Å². The van der Waals surface area contributed by atoms with E-state index < -0.39 is 29.2 Å². The lowest BCUT2D eigenvalue weighted by Gasteiger charge is -2.27. The van der Waals surface area contributed by atoms with Crippen molar-refractivity contribution < 1.29 is 23.1 Å². The first kappa shape index (κ1) is 24.1. The van der Waals surface area contributed by atoms with E-state index in [1.807, 2.05) is 10.9 Å². The van der Waals surface area contributed by atoms with Gasteiger partial charge in [0.15, 0.2) is 0 Å². The molecule has 10 heteroatoms. The second-order valence-corrected chi connectivity index (χ2v) is 9.42. The summed E-state index contributed by atoms with van der Waals surface area (Å²) in [4.78, 5) is 19.3. The number of hydrogen-bond acceptors (Lipinski definition) is 5. The van der Waals surface area contributed by atoms with Crippen LogP contribution in [0.4, 0.5) is 18.9 Å². The van der Waals surface area contributed by atoms with E-state index >= 15 is 0 Å². The van der Waals surface area contributed by atoms with Crippen LogP contribution in [0.2, 0.25) is 0 Å². The predicted molar refractivity (Wildman–Crippen MR) is 121 cm³/mol. The fourth-order valence-electron chi connectivity index (χ4n) is 4.51. The molecule has 2 aromatic heterocycles. The molecule has 0 spiro atoms. The van der Waals surface area contributed by atoms with Crippen molar-refractivity contribution in [2.24, 2.45) is 5.92 Å². The number of nitrogens with zero attached hydrogens (tertiary/aromatic N) is 4. The first-order chi connectivity index (χ1) is 16.0. The first-order valence-electron chi connectivity index (χ1n) is 11.4. The highest BCUT2D eigenvalue weighted by atomic mass is 19.4. The van der Waals surface area contributed by atoms with E-state index in [9.17, 15) is 23.1 Å². The Bertz CT molecular complexity index is 1190. The minimum absolute atomic E-state index is 0.284. The van der Waals surface area contributed by atoms with Gasteiger partial charge in [-0.05, 0) is 63.6 Å². The Balaban J connectivity index is 1.66. The molecule has 1 aliphatic carbocycles. The number of rotatable bonds is 5. The standard InChI is InChI=1S/C24H28F3N5O2/c1-4-14-5-7-16(8-6-14)32-13-15-11-20(17(23(2,3)34)12-19(15)31-32)29-21(33)18-9-10-28-22(30-18)24(25,26)27/h9-14,16,34H,4-8H2,1-3H3,(H,29,33). The number of alkyl halides is 3. The normalized spacial score (nSPS) is 19.4. The van der Waals surface area contributed by atoms with Crippen molar-refractivity contribution in [1.29, 1.82) is 0 Å². The topological polar surface area (TPSA) is 92.9 Å². The molecule has 0 radical (unpaired) electrons. The molecule has 34 heavy (non-hydrogen) atoms. The number of carbonyl (C=O) groups excluding carboxylic acids is 1. The summed E-state index contributed by atoms with van der Waals surface area (Å²) in [6.45, 7) is 5.35. The van der Waals surface area contributed by atoms with E-state index in [1.165, 1.54) is 6.42 Å². The molecule has 0 bridgehead atoms. The van der Waals surface area contributed by atoms with Crippen molar-refractivity contribution in [2.75, 3.05) is 5.32 Å². The molecule has 1 aliphatic rings. The molecule has 0 unspecified atom stereocenters. The Kier molecular flexibility index (Phi) is 6.37. The molecule has 1 saturated carbocycles. The van der Waals surface area contributed by atoms with E-state index in [1.54, 1.807) is 26.0 Å². The molecule has 1 fully saturated rings. The summed E-state index contributed by atoms with van der Waals surface area (Å²) in [5.74, 6) is -1.47. The average molecular weight is 476 g/mol. The van der Waals surface area contributed by atoms with E-state index in [4.69, 9.17) is 5.10 Å². The summed E-state index contributed by atoms with van der Waals surface area (Å²) in [5, 5.41) is 18.8. The second-order valence-electron chi connectivity index (χ2n) is 9.42. The van der Waals surface area contributed by atoms with Crippen molar-refractivity contribution in [3.05, 3.63) is 47.7 Å². The molecule has 4 rings (SSSR count). The highest BCUT2D eigenvalue weighted by molar-refractivity contribution is 6.04. The summed E-state index contributed by atoms with van der Waals surface area (Å²) in [5.41, 5.74) is -0.394. The van der Waals surface area contributed by atoms with Gasteiger partial charge in [-0.3, -0.25) is 9.48 Å². The van der Waals surface area contributed by atoms with Crippen LogP contribution in [0, 0.1) is 5.92 Å². The lowest BCUT2D eigenvalue weighted by molar-refractivity contribution is -0.145. The van der Waals surface area contributed by atoms with Crippen molar-refractivity contribution in [2.45, 2.75) is 70.7 Å². The number of anilines is 1. The predicted octanol–water partition coefficient (Wildman–Crippen LogP) is 5.47. The highest BCUT2D eigenvalue weighted by Crippen LogP contribution is 2.36. The third kappa shape index (κ3) is 5.06. The first-order valence-corrected chi connectivity index (χ1v) is 11.4. The Morgan fingerprint density at radius 1 is 1.21 bits per heavy atom. The zero-order valence-corrected chi connectivity index (χ0v) is 19.4. The summed E-state index contributed by atoms with van der Waals surface area (Å²) >= 11 is 0. The number of benzene rings is 1. The average Bonchev–Trinajstić information content (AvgIpc) is 3.20. The molecule has 0 saturated heterocycles. The van der Waals surface area contributed by atoms with Gasteiger partial charge in [0.1, 0.15) is 5.69 Å². The van der Waals surface area contributed by atoms with Gasteiger partial charge in [0.2, 0.25) is 5.82 Å². The van der Waals surface area contributed by atoms with Crippen molar-refractivity contribution >= 4 is 22.5 Å². The molecule has 3 aromatic rings. The Labute approximate surface area is 195 Å². The smallest absolute Gasteiger partial charge is 0.386 e. The van der Waals surface area contributed by atoms with Crippen LogP contribution in [0.5, 0.6) is 0 Å². The van der Waals surface area contributed by atoms with E-state index in [2.05, 4.69) is 22.2 Å². The summed E-state index contributed by atoms with van der Waals surface area (Å²) < 4.78 is 40.8. The molecular weight excluding hydrogens is 447 g/mol. The minimum Gasteiger partial charge on any atom is -0.386 e. The molecule has 7 nitrogen and oxygen atoms in total. The van der Waals surface area contributed by atoms with Gasteiger partial charge in [0.25, 0.3) is 5.91 Å². The Morgan fingerprint density at radius 2 is 1.91 bits per heavy atom. The van der Waals surface area contributed by atoms with Crippen LogP contribution < -0.4 is 5.32 Å². The molecule has 182 valence electrons. The van der Waals surface area contributed by atoms with Gasteiger partial charge in [-0.1, -0.05) is 13.3 Å². The van der Waals surface area contributed by atoms with E-state index in [-0.39, 0.29) is 5.69 Å². The van der Waals surface area contributed by atoms with Gasteiger partial charge in [0.05, 0.1) is 17.2 Å². The second kappa shape index (κ2) is 8.98. The molecule has 1 aromatic carbocycles. The Hall–Kier alpha value is -3.01. The molecule has 2 N–H and O–H groups in total. The fourth-order valence-corrected chi connectivity index (χ4v) is 4.51. The van der Waals surface area contributed by atoms with E-state index in [0.717, 1.165) is 49.3 Å². The van der Waals surface area contributed by atoms with Crippen LogP contribution in [0.25, 0.3) is 10.9 Å². The maximum absolute atomic E-state index is 13.0. The lowest BCUT2D eigenvalue weighted by Crippen LogP contribution is -2.22. The summed E-state index contributed by atoms with van der Waals surface area (Å²) in [6, 6.07) is 4.80. The molecule has 2 heterocycles. The van der Waals surface area contributed by atoms with Gasteiger partial charge < -0.3 is 10.4 Å². The SMILES string of the molecule is CCC1CCC(n2cc3cc(NC(=O)c4ccnc(C(F)(F)F)n4)c(C(C)(C)O)cc3n2)CC1. The number of aromatic nitrogens is 4. The van der Waals surface area contributed by atoms with Crippen molar-refractivity contribution in [1.82, 2.24) is 19.7 Å². The highest BCUT2D eigenvalue weighted by Gasteiger charge is 2.35. The summed E-state index contributed by atoms with van der Waals surface area (Å²) in [6.07, 6.45) is 3.64. The van der Waals surface area contributed by atoms with Crippen molar-refractivity contribution in [3.63, 3.8) is 0 Å². The minimum atomic E-state index is -4.77. The number of nitrogens with one attached hydrogen (secondary N) is 1. The third-order valence-corrected chi connectivity index (χ3v) is 6.48. The Morgan fingerprint density at radius 3 is 2.53 bits per heavy atom. The van der Waals surface area contributed by atoms with Gasteiger partial charge in [0, 0.05) is 29.0 Å². The number of carbonyl (C=O) groups is 1. The van der Waals surface area contributed by atoms with Crippen LogP contribution >= 0.6 is 0 Å². The number of fused-ring (bicyclic) bond motifs is 1. The fraction of sp³-hybridized carbons (Fsp3) is 0.500. The van der Waals surface area contributed by atoms with Crippen LogP contribution in [0.1, 0.15) is 80.8 Å². The lowest BCUT2D eigenvalue weighted by atomic mass is 9.85. The van der Waals surface area contributed by atoms with Gasteiger partial charge >= 0.3 is 6.18 Å². The number of aliphatic hydroxyl groups is 1. The monoisotopic (exact) mass is 475 g/mol. The third-order valence-electron chi connectivity index (χ3n) is 6.48. The van der Waals surface area contributed by atoms with Crippen LogP contribution in [0.3, 0.4) is 0 Å². The van der Waals surface area contributed by atoms with Crippen LogP contribution in [-0.2, 0) is 11.8 Å². The number of halogens is 3. The molecule has 0 atom stereocenters. The molecular formula is C24H28F3N5O2. The van der Waals surface area contributed by atoms with Crippen LogP contribution in [0.15, 0.2) is 30.6 Å². The zero-order valence-electron chi connectivity index (χ0n) is 19.4. The summed E-state index contributed by atoms with van der Waals surface area (Å²) in [7, 11) is 0. The maximum atomic E-state index is 13.0. The van der Waals surface area contributed by atoms with Gasteiger partial charge in [-0.2, -0.15) is 18.3 Å². The maximum Gasteiger partial charge on any atom is 0.451 e. The van der Waals surface area contributed by atoms with E-state index in [0.29, 0.717) is 17.1 Å². The zero-order chi connectivity index (χ0) is 24.7. The quantitative estimate of drug-likeness (QED) is 0.511. The van der Waals surface area contributed by atoms with Crippen molar-refractivity contribution in [3.8, 4) is 0 Å².